The molecule has 1 saturated heterocycles. The van der Waals surface area contributed by atoms with Crippen molar-refractivity contribution in [3.8, 4) is 5.69 Å². The Morgan fingerprint density at radius 3 is 2.43 bits per heavy atom. The van der Waals surface area contributed by atoms with E-state index in [0.717, 1.165) is 61.2 Å². The molecule has 1 aliphatic heterocycles. The second-order valence-electron chi connectivity index (χ2n) is 7.84. The van der Waals surface area contributed by atoms with Crippen LogP contribution in [-0.4, -0.2) is 38.9 Å². The summed E-state index contributed by atoms with van der Waals surface area (Å²) < 4.78 is 1.84. The summed E-state index contributed by atoms with van der Waals surface area (Å²) >= 11 is 0. The monoisotopic (exact) mass is 376 g/mol. The number of rotatable bonds is 4. The maximum Gasteiger partial charge on any atom is 0.354 e. The molecule has 5 rings (SSSR count). The number of pyridine rings is 1. The Labute approximate surface area is 163 Å². The van der Waals surface area contributed by atoms with Gasteiger partial charge in [0.05, 0.1) is 22.5 Å². The zero-order chi connectivity index (χ0) is 19.1. The van der Waals surface area contributed by atoms with Crippen LogP contribution in [0.25, 0.3) is 16.7 Å². The first-order valence-electron chi connectivity index (χ1n) is 10.2. The molecule has 6 heteroatoms. The highest BCUT2D eigenvalue weighted by Gasteiger charge is 2.30. The highest BCUT2D eigenvalue weighted by Crippen LogP contribution is 2.43. The fourth-order valence-electron chi connectivity index (χ4n) is 4.33. The second kappa shape index (κ2) is 6.93. The molecule has 144 valence electrons. The van der Waals surface area contributed by atoms with Gasteiger partial charge >= 0.3 is 5.97 Å². The first kappa shape index (κ1) is 17.2. The molecule has 2 fully saturated rings. The summed E-state index contributed by atoms with van der Waals surface area (Å²) in [6, 6.07) is 11.7. The number of piperidine rings is 1. The summed E-state index contributed by atoms with van der Waals surface area (Å²) in [5.41, 5.74) is 3.73. The molecule has 1 saturated carbocycles. The van der Waals surface area contributed by atoms with Gasteiger partial charge in [-0.05, 0) is 50.3 Å². The molecule has 3 aromatic rings. The molecule has 0 radical (unpaired) electrons. The third-order valence-corrected chi connectivity index (χ3v) is 6.05. The molecule has 0 atom stereocenters. The van der Waals surface area contributed by atoms with Crippen molar-refractivity contribution in [2.45, 2.75) is 44.4 Å². The summed E-state index contributed by atoms with van der Waals surface area (Å²) in [5, 5.41) is 15.7. The normalized spacial score (nSPS) is 17.6. The van der Waals surface area contributed by atoms with Gasteiger partial charge in [0.2, 0.25) is 0 Å². The molecule has 0 amide bonds. The fourth-order valence-corrected chi connectivity index (χ4v) is 4.33. The molecule has 0 unspecified atom stereocenters. The van der Waals surface area contributed by atoms with Crippen LogP contribution in [-0.2, 0) is 0 Å². The highest BCUT2D eigenvalue weighted by molar-refractivity contribution is 5.98. The van der Waals surface area contributed by atoms with Crippen LogP contribution in [0.2, 0.25) is 0 Å². The van der Waals surface area contributed by atoms with Crippen molar-refractivity contribution in [1.82, 2.24) is 14.8 Å². The number of aromatic nitrogens is 3. The van der Waals surface area contributed by atoms with E-state index in [4.69, 9.17) is 5.10 Å². The largest absolute Gasteiger partial charge is 0.477 e. The number of carbonyl (C=O) groups is 1. The van der Waals surface area contributed by atoms with Gasteiger partial charge in [0.15, 0.2) is 11.3 Å². The Morgan fingerprint density at radius 2 is 1.79 bits per heavy atom. The molecule has 2 aromatic heterocycles. The van der Waals surface area contributed by atoms with Crippen molar-refractivity contribution in [3.63, 3.8) is 0 Å². The van der Waals surface area contributed by atoms with Crippen LogP contribution in [0.15, 0.2) is 36.4 Å². The fraction of sp³-hybridized carbons (Fsp3) is 0.409. The van der Waals surface area contributed by atoms with Gasteiger partial charge in [0.25, 0.3) is 0 Å². The van der Waals surface area contributed by atoms with Gasteiger partial charge in [-0.2, -0.15) is 5.10 Å². The van der Waals surface area contributed by atoms with Crippen molar-refractivity contribution in [3.05, 3.63) is 47.8 Å². The Bertz CT molecular complexity index is 1020. The number of carboxylic acids is 1. The van der Waals surface area contributed by atoms with Crippen LogP contribution >= 0.6 is 0 Å². The number of para-hydroxylation sites is 1. The zero-order valence-electron chi connectivity index (χ0n) is 15.8. The van der Waals surface area contributed by atoms with E-state index in [0.29, 0.717) is 11.6 Å². The quantitative estimate of drug-likeness (QED) is 0.732. The van der Waals surface area contributed by atoms with Gasteiger partial charge in [0.1, 0.15) is 0 Å². The summed E-state index contributed by atoms with van der Waals surface area (Å²) in [5.74, 6) is -0.556. The van der Waals surface area contributed by atoms with Crippen LogP contribution in [0.1, 0.15) is 60.6 Å². The number of benzene rings is 1. The SMILES string of the molecule is O=C(O)c1cc(N2CCCCC2)c2c(C3CCC3)nn(-c3ccccc3)c2n1. The van der Waals surface area contributed by atoms with Crippen molar-refractivity contribution in [2.24, 2.45) is 0 Å². The van der Waals surface area contributed by atoms with Crippen molar-refractivity contribution in [2.75, 3.05) is 18.0 Å². The first-order chi connectivity index (χ1) is 13.7. The van der Waals surface area contributed by atoms with Crippen LogP contribution < -0.4 is 4.90 Å². The summed E-state index contributed by atoms with van der Waals surface area (Å²) in [4.78, 5) is 18.7. The van der Waals surface area contributed by atoms with Gasteiger partial charge in [-0.15, -0.1) is 0 Å². The third kappa shape index (κ3) is 2.84. The van der Waals surface area contributed by atoms with E-state index in [1.54, 1.807) is 6.07 Å². The standard InChI is InChI=1S/C22H24N4O2/c27-22(28)17-14-18(25-12-5-2-6-13-25)19-20(15-8-7-9-15)24-26(21(19)23-17)16-10-3-1-4-11-16/h1,3-4,10-11,14-15H,2,5-9,12-13H2,(H,27,28). The number of fused-ring (bicyclic) bond motifs is 1. The lowest BCUT2D eigenvalue weighted by molar-refractivity contribution is 0.0691. The minimum Gasteiger partial charge on any atom is -0.477 e. The predicted octanol–water partition coefficient (Wildman–Crippen LogP) is 4.38. The molecule has 3 heterocycles. The van der Waals surface area contributed by atoms with E-state index in [9.17, 15) is 9.90 Å². The van der Waals surface area contributed by atoms with Crippen LogP contribution in [0.4, 0.5) is 5.69 Å². The Kier molecular flexibility index (Phi) is 4.26. The molecule has 1 aromatic carbocycles. The van der Waals surface area contributed by atoms with Gasteiger partial charge in [-0.1, -0.05) is 24.6 Å². The maximum atomic E-state index is 11.8. The lowest BCUT2D eigenvalue weighted by Gasteiger charge is -2.30. The number of hydrogen-bond acceptors (Lipinski definition) is 4. The molecular weight excluding hydrogens is 352 g/mol. The minimum atomic E-state index is -0.994. The second-order valence-corrected chi connectivity index (χ2v) is 7.84. The molecular formula is C22H24N4O2. The average molecular weight is 376 g/mol. The summed E-state index contributed by atoms with van der Waals surface area (Å²) in [6.07, 6.45) is 7.01. The van der Waals surface area contributed by atoms with Gasteiger partial charge in [0, 0.05) is 19.0 Å². The highest BCUT2D eigenvalue weighted by atomic mass is 16.4. The maximum absolute atomic E-state index is 11.8. The molecule has 6 nitrogen and oxygen atoms in total. The molecule has 2 aliphatic rings. The van der Waals surface area contributed by atoms with E-state index in [2.05, 4.69) is 9.88 Å². The van der Waals surface area contributed by atoms with Crippen LogP contribution in [0.3, 0.4) is 0 Å². The van der Waals surface area contributed by atoms with Crippen molar-refractivity contribution >= 4 is 22.7 Å². The topological polar surface area (TPSA) is 71.2 Å². The lowest BCUT2D eigenvalue weighted by Crippen LogP contribution is -2.30. The lowest BCUT2D eigenvalue weighted by atomic mass is 9.82. The number of aromatic carboxylic acids is 1. The number of carboxylic acid groups (broad SMARTS) is 1. The van der Waals surface area contributed by atoms with E-state index in [1.165, 1.54) is 12.8 Å². The van der Waals surface area contributed by atoms with E-state index < -0.39 is 5.97 Å². The minimum absolute atomic E-state index is 0.0883. The predicted molar refractivity (Wildman–Crippen MR) is 108 cm³/mol. The summed E-state index contributed by atoms with van der Waals surface area (Å²) in [7, 11) is 0. The first-order valence-corrected chi connectivity index (χ1v) is 10.2. The molecule has 28 heavy (non-hydrogen) atoms. The van der Waals surface area contributed by atoms with Crippen molar-refractivity contribution in [1.29, 1.82) is 0 Å². The van der Waals surface area contributed by atoms with E-state index in [1.807, 2.05) is 35.0 Å². The average Bonchev–Trinajstić information content (AvgIpc) is 3.06. The van der Waals surface area contributed by atoms with Gasteiger partial charge < -0.3 is 10.0 Å². The molecule has 1 aliphatic carbocycles. The van der Waals surface area contributed by atoms with E-state index in [-0.39, 0.29) is 5.69 Å². The summed E-state index contributed by atoms with van der Waals surface area (Å²) in [6.45, 7) is 1.91. The van der Waals surface area contributed by atoms with Gasteiger partial charge in [-0.25, -0.2) is 14.5 Å². The number of hydrogen-bond donors (Lipinski definition) is 1. The van der Waals surface area contributed by atoms with Crippen LogP contribution in [0, 0.1) is 0 Å². The van der Waals surface area contributed by atoms with E-state index >= 15 is 0 Å². The number of anilines is 1. The van der Waals surface area contributed by atoms with Crippen molar-refractivity contribution < 1.29 is 9.90 Å². The van der Waals surface area contributed by atoms with Gasteiger partial charge in [-0.3, -0.25) is 0 Å². The Balaban J connectivity index is 1.79. The Morgan fingerprint density at radius 1 is 1.04 bits per heavy atom. The molecule has 0 bridgehead atoms. The third-order valence-electron chi connectivity index (χ3n) is 6.05. The Hall–Kier alpha value is -2.89. The smallest absolute Gasteiger partial charge is 0.354 e. The zero-order valence-corrected chi connectivity index (χ0v) is 15.8. The molecule has 0 spiro atoms. The number of nitrogens with zero attached hydrogens (tertiary/aromatic N) is 4. The van der Waals surface area contributed by atoms with Crippen LogP contribution in [0.5, 0.6) is 0 Å². The molecule has 1 N–H and O–H groups in total.